The second kappa shape index (κ2) is 21.0. The second-order valence-electron chi connectivity index (χ2n) is 13.7. The first kappa shape index (κ1) is 44.1. The van der Waals surface area contributed by atoms with Crippen molar-refractivity contribution in [3.63, 3.8) is 0 Å². The van der Waals surface area contributed by atoms with E-state index in [0.29, 0.717) is 35.5 Å². The fraction of sp³-hybridized carbons (Fsp3) is 0.450. The lowest BCUT2D eigenvalue weighted by Crippen LogP contribution is -2.53. The molecule has 4 rings (SSSR count). The number of unbranched alkanes of at least 4 members (excludes halogenated alkanes) is 2. The number of nitrogens with zero attached hydrogens (tertiary/aromatic N) is 1. The molecule has 1 heterocycles. The van der Waals surface area contributed by atoms with Crippen molar-refractivity contribution in [2.45, 2.75) is 92.6 Å². The highest BCUT2D eigenvalue weighted by Crippen LogP contribution is 2.44. The van der Waals surface area contributed by atoms with Gasteiger partial charge in [-0.25, -0.2) is 17.9 Å². The molecule has 0 unspecified atom stereocenters. The molecule has 304 valence electrons. The van der Waals surface area contributed by atoms with E-state index in [1.807, 2.05) is 36.6 Å². The molecule has 0 saturated carbocycles. The van der Waals surface area contributed by atoms with Crippen LogP contribution in [0, 0.1) is 0 Å². The topological polar surface area (TPSA) is 203 Å². The maximum absolute atomic E-state index is 14.3. The van der Waals surface area contributed by atoms with E-state index in [0.717, 1.165) is 31.4 Å². The lowest BCUT2D eigenvalue weighted by molar-refractivity contribution is -0.143. The number of carbonyl (C=O) groups is 4. The van der Waals surface area contributed by atoms with Crippen molar-refractivity contribution < 1.29 is 42.5 Å². The molecule has 0 aromatic heterocycles. The highest BCUT2D eigenvalue weighted by molar-refractivity contribution is 7.98. The van der Waals surface area contributed by atoms with E-state index in [4.69, 9.17) is 14.9 Å². The van der Waals surface area contributed by atoms with Gasteiger partial charge in [0.15, 0.2) is 6.61 Å². The molecule has 56 heavy (non-hydrogen) atoms. The molecule has 0 aliphatic carbocycles. The first-order chi connectivity index (χ1) is 26.9. The molecule has 1 aliphatic rings. The number of fused-ring (bicyclic) bond motifs is 1. The number of amides is 3. The fourth-order valence-corrected chi connectivity index (χ4v) is 8.75. The van der Waals surface area contributed by atoms with Crippen LogP contribution in [0.5, 0.6) is 5.75 Å². The monoisotopic (exact) mass is 811 g/mol. The Morgan fingerprint density at radius 1 is 0.929 bits per heavy atom. The Morgan fingerprint density at radius 2 is 1.57 bits per heavy atom. The Balaban J connectivity index is 1.55. The average Bonchev–Trinajstić information content (AvgIpc) is 3.29. The standard InChI is InChI=1S/C40H53N5O9S2/c1-4-6-20-40(21-7-5-2)27-45(29-17-12-9-13-18-29)31-23-33(55-3)32(24-34(31)56(52,53)44-40)54-26-36(48)43-37(28-15-10-8-11-16-28)38(49)41-22-14-19-35(47)42-30(25-46)39(50)51/h8-13,15-18,23-24,30,37,44,46H,4-7,14,19-22,25-27H2,1-3H3,(H,41,49)(H,42,47)(H,43,48)(H,50,51)/t30-,37+/m0/s1. The van der Waals surface area contributed by atoms with Gasteiger partial charge in [-0.1, -0.05) is 88.1 Å². The van der Waals surface area contributed by atoms with Gasteiger partial charge < -0.3 is 35.8 Å². The third-order valence-corrected chi connectivity index (χ3v) is 11.8. The molecule has 2 atom stereocenters. The third kappa shape index (κ3) is 11.9. The van der Waals surface area contributed by atoms with Gasteiger partial charge in [-0.2, -0.15) is 0 Å². The number of carbonyl (C=O) groups excluding carboxylic acids is 3. The van der Waals surface area contributed by atoms with Crippen molar-refractivity contribution in [3.05, 3.63) is 78.4 Å². The number of ether oxygens (including phenoxy) is 1. The van der Waals surface area contributed by atoms with Crippen LogP contribution in [0.4, 0.5) is 11.4 Å². The van der Waals surface area contributed by atoms with Crippen LogP contribution in [0.25, 0.3) is 0 Å². The van der Waals surface area contributed by atoms with E-state index in [1.54, 1.807) is 36.4 Å². The number of hydrogen-bond acceptors (Lipinski definition) is 10. The number of aliphatic hydroxyl groups is 1. The van der Waals surface area contributed by atoms with Crippen LogP contribution in [-0.2, 0) is 29.2 Å². The Labute approximate surface area is 333 Å². The van der Waals surface area contributed by atoms with E-state index >= 15 is 0 Å². The summed E-state index contributed by atoms with van der Waals surface area (Å²) in [5, 5.41) is 25.8. The van der Waals surface area contributed by atoms with Gasteiger partial charge in [0.25, 0.3) is 5.91 Å². The number of carboxylic acids is 1. The van der Waals surface area contributed by atoms with Gasteiger partial charge in [0.1, 0.15) is 22.7 Å². The first-order valence-corrected chi connectivity index (χ1v) is 21.5. The predicted molar refractivity (Wildman–Crippen MR) is 215 cm³/mol. The summed E-state index contributed by atoms with van der Waals surface area (Å²) in [6.45, 7) is 3.38. The minimum Gasteiger partial charge on any atom is -0.483 e. The van der Waals surface area contributed by atoms with E-state index in [2.05, 4.69) is 39.4 Å². The zero-order chi connectivity index (χ0) is 40.7. The van der Waals surface area contributed by atoms with E-state index < -0.39 is 64.6 Å². The summed E-state index contributed by atoms with van der Waals surface area (Å²) >= 11 is 1.35. The van der Waals surface area contributed by atoms with Crippen LogP contribution in [0.2, 0.25) is 0 Å². The molecule has 0 spiro atoms. The highest BCUT2D eigenvalue weighted by Gasteiger charge is 2.42. The molecule has 3 aromatic carbocycles. The Morgan fingerprint density at radius 3 is 2.16 bits per heavy atom. The van der Waals surface area contributed by atoms with Gasteiger partial charge in [0.05, 0.1) is 22.7 Å². The number of rotatable bonds is 21. The number of sulfonamides is 1. The van der Waals surface area contributed by atoms with E-state index in [1.165, 1.54) is 17.8 Å². The molecule has 1 aliphatic heterocycles. The van der Waals surface area contributed by atoms with Gasteiger partial charge in [-0.05, 0) is 49.3 Å². The zero-order valence-electron chi connectivity index (χ0n) is 32.1. The minimum absolute atomic E-state index is 0.0366. The fourth-order valence-electron chi connectivity index (χ4n) is 6.55. The predicted octanol–water partition coefficient (Wildman–Crippen LogP) is 4.65. The summed E-state index contributed by atoms with van der Waals surface area (Å²) in [5.74, 6) is -2.95. The van der Waals surface area contributed by atoms with Crippen molar-refractivity contribution in [2.24, 2.45) is 0 Å². The van der Waals surface area contributed by atoms with Gasteiger partial charge in [-0.3, -0.25) is 14.4 Å². The summed E-state index contributed by atoms with van der Waals surface area (Å²) in [4.78, 5) is 52.7. The van der Waals surface area contributed by atoms with Crippen molar-refractivity contribution in [1.29, 1.82) is 0 Å². The normalized spacial score (nSPS) is 15.4. The summed E-state index contributed by atoms with van der Waals surface area (Å²) in [7, 11) is -4.06. The van der Waals surface area contributed by atoms with Crippen molar-refractivity contribution >= 4 is 56.9 Å². The molecule has 0 fully saturated rings. The quantitative estimate of drug-likeness (QED) is 0.0646. The molecule has 14 nitrogen and oxygen atoms in total. The molecular weight excluding hydrogens is 759 g/mol. The molecule has 0 radical (unpaired) electrons. The average molecular weight is 812 g/mol. The maximum Gasteiger partial charge on any atom is 0.328 e. The van der Waals surface area contributed by atoms with Gasteiger partial charge in [0, 0.05) is 31.3 Å². The maximum atomic E-state index is 14.3. The Hall–Kier alpha value is -4.64. The summed E-state index contributed by atoms with van der Waals surface area (Å²) < 4.78 is 37.8. The zero-order valence-corrected chi connectivity index (χ0v) is 33.7. The number of benzene rings is 3. The van der Waals surface area contributed by atoms with Gasteiger partial charge >= 0.3 is 5.97 Å². The molecule has 3 aromatic rings. The van der Waals surface area contributed by atoms with Crippen molar-refractivity contribution in [3.8, 4) is 5.75 Å². The van der Waals surface area contributed by atoms with E-state index in [9.17, 15) is 27.6 Å². The number of hydrogen-bond donors (Lipinski definition) is 6. The van der Waals surface area contributed by atoms with Gasteiger partial charge in [0.2, 0.25) is 21.8 Å². The van der Waals surface area contributed by atoms with Crippen LogP contribution in [-0.4, -0.2) is 86.5 Å². The number of aliphatic hydroxyl groups excluding tert-OH is 1. The summed E-state index contributed by atoms with van der Waals surface area (Å²) in [6.07, 6.45) is 6.78. The minimum atomic E-state index is -4.06. The van der Waals surface area contributed by atoms with Crippen LogP contribution < -0.4 is 30.3 Å². The van der Waals surface area contributed by atoms with Crippen LogP contribution in [0.3, 0.4) is 0 Å². The third-order valence-electron chi connectivity index (χ3n) is 9.48. The highest BCUT2D eigenvalue weighted by atomic mass is 32.2. The van der Waals surface area contributed by atoms with Crippen molar-refractivity contribution in [1.82, 2.24) is 20.7 Å². The second-order valence-corrected chi connectivity index (χ2v) is 16.2. The van der Waals surface area contributed by atoms with Crippen LogP contribution >= 0.6 is 11.8 Å². The summed E-state index contributed by atoms with van der Waals surface area (Å²) in [5.41, 5.74) is 1.13. The SMILES string of the molecule is CCCCC1(CCCC)CN(c2ccccc2)c2cc(SC)c(OCC(=O)N[C@@H](C(=O)NCCCC(=O)N[C@@H](CO)C(=O)O)c3ccccc3)cc2S(=O)(=O)N1. The smallest absolute Gasteiger partial charge is 0.328 e. The lowest BCUT2D eigenvalue weighted by Gasteiger charge is -2.37. The molecular formula is C40H53N5O9S2. The van der Waals surface area contributed by atoms with Gasteiger partial charge in [-0.15, -0.1) is 11.8 Å². The molecule has 0 bridgehead atoms. The van der Waals surface area contributed by atoms with Crippen LogP contribution in [0.15, 0.2) is 82.6 Å². The largest absolute Gasteiger partial charge is 0.483 e. The molecule has 0 saturated heterocycles. The number of aliphatic carboxylic acids is 1. The molecule has 16 heteroatoms. The molecule has 3 amide bonds. The number of thioether (sulfide) groups is 1. The number of para-hydroxylation sites is 1. The van der Waals surface area contributed by atoms with E-state index in [-0.39, 0.29) is 30.0 Å². The van der Waals surface area contributed by atoms with Crippen LogP contribution in [0.1, 0.15) is 76.8 Å². The summed E-state index contributed by atoms with van der Waals surface area (Å²) in [6, 6.07) is 19.0. The molecule has 6 N–H and O–H groups in total. The van der Waals surface area contributed by atoms with Crippen molar-refractivity contribution in [2.75, 3.05) is 37.5 Å². The first-order valence-electron chi connectivity index (χ1n) is 18.8. The Bertz CT molecular complexity index is 1890. The Kier molecular flexibility index (Phi) is 16.6. The number of carboxylic acid groups (broad SMARTS) is 1. The number of anilines is 2. The lowest BCUT2D eigenvalue weighted by atomic mass is 9.87. The number of nitrogens with one attached hydrogen (secondary N) is 4.